The monoisotopic (exact) mass is 314 g/mol. The molecule has 120 valence electrons. The molecule has 0 fully saturated rings. The highest BCUT2D eigenvalue weighted by Crippen LogP contribution is 2.36. The van der Waals surface area contributed by atoms with E-state index >= 15 is 0 Å². The Balaban J connectivity index is 1.84. The highest BCUT2D eigenvalue weighted by Gasteiger charge is 2.42. The number of hydrazine groups is 1. The van der Waals surface area contributed by atoms with Crippen molar-refractivity contribution in [2.45, 2.75) is 27.7 Å². The zero-order valence-corrected chi connectivity index (χ0v) is 15.0. The maximum atomic E-state index is 2.43. The van der Waals surface area contributed by atoms with Gasteiger partial charge in [0.1, 0.15) is 0 Å². The molecule has 0 N–H and O–H groups in total. The van der Waals surface area contributed by atoms with E-state index in [1.165, 1.54) is 22.1 Å². The predicted octanol–water partition coefficient (Wildman–Crippen LogP) is 4.30. The molecule has 2 nitrogen and oxygen atoms in total. The summed E-state index contributed by atoms with van der Waals surface area (Å²) in [6.07, 6.45) is 17.9. The lowest BCUT2D eigenvalue weighted by atomic mass is 9.38. The Morgan fingerprint density at radius 3 is 1.46 bits per heavy atom. The summed E-state index contributed by atoms with van der Waals surface area (Å²) in [5.74, 6) is 5.96. The summed E-state index contributed by atoms with van der Waals surface area (Å²) in [6, 6.07) is 0. The van der Waals surface area contributed by atoms with Crippen molar-refractivity contribution in [3.63, 3.8) is 0 Å². The number of hydrogen-bond acceptors (Lipinski definition) is 2. The minimum absolute atomic E-state index is 0.290. The molecule has 0 bridgehead atoms. The highest BCUT2D eigenvalue weighted by molar-refractivity contribution is 6.81. The molecule has 0 aliphatic carbocycles. The molecule has 0 aromatic carbocycles. The van der Waals surface area contributed by atoms with E-state index in [1.54, 1.807) is 0 Å². The van der Waals surface area contributed by atoms with Gasteiger partial charge in [-0.3, -0.25) is 0 Å². The number of allylic oxidation sites excluding steroid dienone is 10. The lowest BCUT2D eigenvalue weighted by Crippen LogP contribution is -2.58. The van der Waals surface area contributed by atoms with Crippen molar-refractivity contribution < 1.29 is 0 Å². The highest BCUT2D eigenvalue weighted by atomic mass is 15.6. The van der Waals surface area contributed by atoms with E-state index in [0.29, 0.717) is 25.5 Å². The van der Waals surface area contributed by atoms with E-state index in [9.17, 15) is 0 Å². The molecule has 4 aliphatic heterocycles. The van der Waals surface area contributed by atoms with Gasteiger partial charge in [-0.15, -0.1) is 0 Å². The average Bonchev–Trinajstić information content (AvgIpc) is 2.61. The molecular weight excluding hydrogens is 290 g/mol. The van der Waals surface area contributed by atoms with Crippen LogP contribution < -0.4 is 0 Å². The van der Waals surface area contributed by atoms with Gasteiger partial charge in [-0.25, -0.2) is 0 Å². The van der Waals surface area contributed by atoms with E-state index < -0.39 is 0 Å². The molecule has 0 aromatic heterocycles. The summed E-state index contributed by atoms with van der Waals surface area (Å²) in [4.78, 5) is 4.76. The fourth-order valence-corrected chi connectivity index (χ4v) is 3.87. The van der Waals surface area contributed by atoms with E-state index in [4.69, 9.17) is 0 Å². The Morgan fingerprint density at radius 1 is 0.667 bits per heavy atom. The van der Waals surface area contributed by atoms with Crippen molar-refractivity contribution >= 4 is 13.7 Å². The third-order valence-corrected chi connectivity index (χ3v) is 5.34. The van der Waals surface area contributed by atoms with Crippen LogP contribution in [-0.2, 0) is 0 Å². The van der Waals surface area contributed by atoms with Crippen LogP contribution in [0.25, 0.3) is 0 Å². The number of hydrogen-bond donors (Lipinski definition) is 0. The first-order valence-corrected chi connectivity index (χ1v) is 9.01. The van der Waals surface area contributed by atoms with Crippen LogP contribution in [-0.4, -0.2) is 23.5 Å². The van der Waals surface area contributed by atoms with E-state index in [-0.39, 0.29) is 0 Å². The van der Waals surface area contributed by atoms with Gasteiger partial charge in [0.2, 0.25) is 0 Å². The van der Waals surface area contributed by atoms with Crippen molar-refractivity contribution in [1.82, 2.24) is 9.84 Å². The number of rotatable bonds is 2. The topological polar surface area (TPSA) is 6.48 Å². The van der Waals surface area contributed by atoms with Gasteiger partial charge < -0.3 is 9.84 Å². The van der Waals surface area contributed by atoms with Crippen LogP contribution in [0.3, 0.4) is 0 Å². The maximum absolute atomic E-state index is 2.43. The summed E-state index contributed by atoms with van der Waals surface area (Å²) < 4.78 is 0. The van der Waals surface area contributed by atoms with Crippen LogP contribution in [0.5, 0.6) is 0 Å². The standard InChI is InChI=1S/C20H24B2N2/c1-15(2)17-7-9-19-20-10-8-18(16(3)4)14-22(20)24-12-6-5-11-23(24)21(19)13-17/h5-16H,1-4H3. The molecule has 4 aliphatic rings. The van der Waals surface area contributed by atoms with Crippen molar-refractivity contribution in [2.75, 3.05) is 0 Å². The second kappa shape index (κ2) is 5.77. The number of nitrogens with zero attached hydrogens (tertiary/aromatic N) is 2. The second-order valence-corrected chi connectivity index (χ2v) is 7.55. The molecule has 4 heteroatoms. The Morgan fingerprint density at radius 2 is 1.08 bits per heavy atom. The lowest BCUT2D eigenvalue weighted by molar-refractivity contribution is 0.292. The van der Waals surface area contributed by atoms with Crippen LogP contribution in [0, 0.1) is 11.8 Å². The first-order valence-electron chi connectivity index (χ1n) is 9.01. The normalized spacial score (nSPS) is 21.4. The summed E-state index contributed by atoms with van der Waals surface area (Å²) in [5.41, 5.74) is 5.69. The Labute approximate surface area is 146 Å². The molecule has 0 unspecified atom stereocenters. The predicted molar refractivity (Wildman–Crippen MR) is 105 cm³/mol. The molecule has 4 rings (SSSR count). The van der Waals surface area contributed by atoms with Gasteiger partial charge in [0, 0.05) is 12.4 Å². The van der Waals surface area contributed by atoms with Gasteiger partial charge in [0.25, 0.3) is 0 Å². The SMILES string of the molecule is CC(C)C1=CB2C(=C3C=CC(C(C)C)=CB3N3C=CC=CN23)C=C1. The van der Waals surface area contributed by atoms with Crippen molar-refractivity contribution in [3.8, 4) is 0 Å². The van der Waals surface area contributed by atoms with E-state index in [0.717, 1.165) is 0 Å². The molecule has 0 amide bonds. The third kappa shape index (κ3) is 2.36. The van der Waals surface area contributed by atoms with Crippen molar-refractivity contribution in [1.29, 1.82) is 0 Å². The summed E-state index contributed by atoms with van der Waals surface area (Å²) in [7, 11) is 0. The Hall–Kier alpha value is -2.09. The van der Waals surface area contributed by atoms with Gasteiger partial charge >= 0.3 is 13.7 Å². The zero-order chi connectivity index (χ0) is 16.8. The number of fused-ring (bicyclic) bond motifs is 5. The smallest absolute Gasteiger partial charge is 0.336 e. The van der Waals surface area contributed by atoms with E-state index in [2.05, 4.69) is 98.3 Å². The molecule has 0 atom stereocenters. The average molecular weight is 314 g/mol. The largest absolute Gasteiger partial charge is 0.337 e. The first-order chi connectivity index (χ1) is 11.6. The molecule has 4 heterocycles. The van der Waals surface area contributed by atoms with Gasteiger partial charge in [-0.05, 0) is 24.0 Å². The van der Waals surface area contributed by atoms with Gasteiger partial charge in [0.15, 0.2) is 0 Å². The van der Waals surface area contributed by atoms with Gasteiger partial charge in [-0.1, -0.05) is 86.0 Å². The summed E-state index contributed by atoms with van der Waals surface area (Å²) in [6.45, 7) is 9.64. The third-order valence-electron chi connectivity index (χ3n) is 5.34. The molecule has 0 saturated heterocycles. The summed E-state index contributed by atoms with van der Waals surface area (Å²) >= 11 is 0. The molecule has 0 aromatic rings. The van der Waals surface area contributed by atoms with Crippen molar-refractivity contribution in [2.24, 2.45) is 11.8 Å². The quantitative estimate of drug-likeness (QED) is 0.701. The molecular formula is C20H24B2N2. The van der Waals surface area contributed by atoms with Crippen LogP contribution in [0.2, 0.25) is 0 Å². The maximum Gasteiger partial charge on any atom is 0.336 e. The van der Waals surface area contributed by atoms with Crippen LogP contribution >= 0.6 is 0 Å². The fraction of sp³-hybridized carbons (Fsp3) is 0.300. The molecule has 0 spiro atoms. The Bertz CT molecular complexity index is 699. The minimum atomic E-state index is 0.290. The fourth-order valence-electron chi connectivity index (χ4n) is 3.87. The van der Waals surface area contributed by atoms with E-state index in [1.807, 2.05) is 0 Å². The van der Waals surface area contributed by atoms with Gasteiger partial charge in [-0.2, -0.15) is 0 Å². The Kier molecular flexibility index (Phi) is 3.71. The van der Waals surface area contributed by atoms with Gasteiger partial charge in [0.05, 0.1) is 0 Å². The summed E-state index contributed by atoms with van der Waals surface area (Å²) in [5, 5.41) is 0. The van der Waals surface area contributed by atoms with Crippen LogP contribution in [0.4, 0.5) is 0 Å². The second-order valence-electron chi connectivity index (χ2n) is 7.55. The molecule has 0 radical (unpaired) electrons. The minimum Gasteiger partial charge on any atom is -0.337 e. The van der Waals surface area contributed by atoms with Crippen molar-refractivity contribution in [3.05, 3.63) is 82.9 Å². The first kappa shape index (κ1) is 15.4. The van der Waals surface area contributed by atoms with Crippen LogP contribution in [0.1, 0.15) is 27.7 Å². The molecule has 24 heavy (non-hydrogen) atoms. The van der Waals surface area contributed by atoms with Crippen LogP contribution in [0.15, 0.2) is 82.9 Å². The lowest BCUT2D eigenvalue weighted by Gasteiger charge is -2.48. The zero-order valence-electron chi connectivity index (χ0n) is 15.0. The molecule has 0 saturated carbocycles.